The molecule has 0 spiro atoms. The third kappa shape index (κ3) is 3.50. The fraction of sp³-hybridized carbons (Fsp3) is 0.533. The number of hydrogen-bond acceptors (Lipinski definition) is 3. The van der Waals surface area contributed by atoms with E-state index in [1.807, 2.05) is 11.8 Å². The van der Waals surface area contributed by atoms with Crippen LogP contribution in [-0.4, -0.2) is 30.4 Å². The number of benzene rings is 1. The molecule has 4 heteroatoms. The zero-order valence-electron chi connectivity index (χ0n) is 11.5. The molecule has 104 valence electrons. The summed E-state index contributed by atoms with van der Waals surface area (Å²) in [5, 5.41) is 0.700. The van der Waals surface area contributed by atoms with E-state index in [4.69, 9.17) is 0 Å². The standard InChI is InChI=1S/C15H20FNOS/c1-11(18)14-10-12(16)5-6-15(14)17-8-3-4-13(19-2)7-9-17/h5-6,10,13H,3-4,7-9H2,1-2H3. The molecule has 1 saturated heterocycles. The number of carbonyl (C=O) groups is 1. The molecule has 0 amide bonds. The number of hydrogen-bond donors (Lipinski definition) is 0. The lowest BCUT2D eigenvalue weighted by Gasteiger charge is -2.25. The monoisotopic (exact) mass is 281 g/mol. The Hall–Kier alpha value is -1.03. The van der Waals surface area contributed by atoms with Crippen molar-refractivity contribution in [3.63, 3.8) is 0 Å². The Balaban J connectivity index is 2.23. The Labute approximate surface area is 118 Å². The summed E-state index contributed by atoms with van der Waals surface area (Å²) < 4.78 is 13.3. The van der Waals surface area contributed by atoms with E-state index in [1.165, 1.54) is 25.5 Å². The van der Waals surface area contributed by atoms with E-state index in [2.05, 4.69) is 11.2 Å². The first kappa shape index (κ1) is 14.4. The van der Waals surface area contributed by atoms with Crippen molar-refractivity contribution in [3.05, 3.63) is 29.6 Å². The summed E-state index contributed by atoms with van der Waals surface area (Å²) in [6, 6.07) is 4.54. The molecule has 0 N–H and O–H groups in total. The average molecular weight is 281 g/mol. The van der Waals surface area contributed by atoms with Crippen LogP contribution in [0.1, 0.15) is 36.5 Å². The smallest absolute Gasteiger partial charge is 0.161 e. The molecule has 1 heterocycles. The van der Waals surface area contributed by atoms with E-state index >= 15 is 0 Å². The lowest BCUT2D eigenvalue weighted by Crippen LogP contribution is -2.26. The highest BCUT2D eigenvalue weighted by molar-refractivity contribution is 7.99. The highest BCUT2D eigenvalue weighted by atomic mass is 32.2. The van der Waals surface area contributed by atoms with Crippen LogP contribution >= 0.6 is 11.8 Å². The number of Topliss-reactive ketones (excluding diaryl/α,β-unsaturated/α-hetero) is 1. The van der Waals surface area contributed by atoms with Gasteiger partial charge in [-0.25, -0.2) is 4.39 Å². The molecular formula is C15H20FNOS. The Morgan fingerprint density at radius 2 is 2.16 bits per heavy atom. The van der Waals surface area contributed by atoms with Crippen molar-refractivity contribution < 1.29 is 9.18 Å². The second-order valence-electron chi connectivity index (χ2n) is 4.99. The molecule has 1 atom stereocenters. The third-order valence-corrected chi connectivity index (χ3v) is 4.83. The van der Waals surface area contributed by atoms with E-state index in [9.17, 15) is 9.18 Å². The number of ketones is 1. The van der Waals surface area contributed by atoms with Crippen LogP contribution in [0.5, 0.6) is 0 Å². The molecule has 2 nitrogen and oxygen atoms in total. The van der Waals surface area contributed by atoms with Gasteiger partial charge in [-0.05, 0) is 50.6 Å². The molecule has 0 aliphatic carbocycles. The molecule has 1 unspecified atom stereocenters. The van der Waals surface area contributed by atoms with Crippen molar-refractivity contribution in [1.82, 2.24) is 0 Å². The van der Waals surface area contributed by atoms with E-state index in [0.717, 1.165) is 31.6 Å². The Morgan fingerprint density at radius 1 is 1.37 bits per heavy atom. The SMILES string of the molecule is CSC1CCCN(c2ccc(F)cc2C(C)=O)CC1. The normalized spacial score (nSPS) is 20.2. The maximum absolute atomic E-state index is 13.3. The molecule has 1 fully saturated rings. The first-order valence-corrected chi connectivity index (χ1v) is 7.99. The number of anilines is 1. The van der Waals surface area contributed by atoms with E-state index in [1.54, 1.807) is 6.07 Å². The second-order valence-corrected chi connectivity index (χ2v) is 6.13. The highest BCUT2D eigenvalue weighted by Gasteiger charge is 2.19. The predicted octanol–water partition coefficient (Wildman–Crippen LogP) is 3.75. The van der Waals surface area contributed by atoms with Crippen molar-refractivity contribution >= 4 is 23.2 Å². The molecule has 1 aliphatic rings. The van der Waals surface area contributed by atoms with Gasteiger partial charge in [-0.1, -0.05) is 0 Å². The Kier molecular flexibility index (Phi) is 4.86. The fourth-order valence-electron chi connectivity index (χ4n) is 2.61. The quantitative estimate of drug-likeness (QED) is 0.787. The van der Waals surface area contributed by atoms with Crippen LogP contribution in [0.15, 0.2) is 18.2 Å². The summed E-state index contributed by atoms with van der Waals surface area (Å²) >= 11 is 1.92. The molecule has 0 bridgehead atoms. The van der Waals surface area contributed by atoms with Crippen LogP contribution in [0.2, 0.25) is 0 Å². The molecule has 2 rings (SSSR count). The largest absolute Gasteiger partial charge is 0.371 e. The maximum Gasteiger partial charge on any atom is 0.161 e. The van der Waals surface area contributed by atoms with Gasteiger partial charge in [0.25, 0.3) is 0 Å². The number of rotatable bonds is 3. The lowest BCUT2D eigenvalue weighted by molar-refractivity contribution is 0.101. The van der Waals surface area contributed by atoms with Gasteiger partial charge in [0.05, 0.1) is 0 Å². The average Bonchev–Trinajstić information content (AvgIpc) is 2.63. The summed E-state index contributed by atoms with van der Waals surface area (Å²) in [7, 11) is 0. The van der Waals surface area contributed by atoms with Crippen molar-refractivity contribution in [2.45, 2.75) is 31.4 Å². The molecule has 0 aromatic heterocycles. The van der Waals surface area contributed by atoms with Crippen LogP contribution in [-0.2, 0) is 0 Å². The zero-order chi connectivity index (χ0) is 13.8. The molecule has 0 radical (unpaired) electrons. The summed E-state index contributed by atoms with van der Waals surface area (Å²) in [6.45, 7) is 3.39. The van der Waals surface area contributed by atoms with Crippen LogP contribution in [0, 0.1) is 5.82 Å². The molecule has 1 aromatic rings. The third-order valence-electron chi connectivity index (χ3n) is 3.69. The molecule has 1 aliphatic heterocycles. The minimum absolute atomic E-state index is 0.0693. The fourth-order valence-corrected chi connectivity index (χ4v) is 3.35. The van der Waals surface area contributed by atoms with Gasteiger partial charge in [-0.2, -0.15) is 11.8 Å². The first-order valence-electron chi connectivity index (χ1n) is 6.70. The number of halogens is 1. The lowest BCUT2D eigenvalue weighted by atomic mass is 10.1. The van der Waals surface area contributed by atoms with Crippen LogP contribution < -0.4 is 4.90 Å². The van der Waals surface area contributed by atoms with Gasteiger partial charge in [0.1, 0.15) is 5.82 Å². The van der Waals surface area contributed by atoms with Gasteiger partial charge < -0.3 is 4.90 Å². The maximum atomic E-state index is 13.3. The predicted molar refractivity (Wildman–Crippen MR) is 79.8 cm³/mol. The van der Waals surface area contributed by atoms with Gasteiger partial charge >= 0.3 is 0 Å². The summed E-state index contributed by atoms with van der Waals surface area (Å²) in [4.78, 5) is 13.9. The first-order chi connectivity index (χ1) is 9.11. The molecular weight excluding hydrogens is 261 g/mol. The van der Waals surface area contributed by atoms with E-state index in [-0.39, 0.29) is 11.6 Å². The zero-order valence-corrected chi connectivity index (χ0v) is 12.3. The molecule has 19 heavy (non-hydrogen) atoms. The number of nitrogens with zero attached hydrogens (tertiary/aromatic N) is 1. The Morgan fingerprint density at radius 3 is 2.84 bits per heavy atom. The van der Waals surface area contributed by atoms with Crippen molar-refractivity contribution in [2.75, 3.05) is 24.2 Å². The van der Waals surface area contributed by atoms with Crippen LogP contribution in [0.25, 0.3) is 0 Å². The van der Waals surface area contributed by atoms with Crippen molar-refractivity contribution in [3.8, 4) is 0 Å². The highest BCUT2D eigenvalue weighted by Crippen LogP contribution is 2.28. The summed E-state index contributed by atoms with van der Waals surface area (Å²) in [5.41, 5.74) is 1.39. The van der Waals surface area contributed by atoms with Gasteiger partial charge in [0.15, 0.2) is 5.78 Å². The number of thioether (sulfide) groups is 1. The van der Waals surface area contributed by atoms with Crippen molar-refractivity contribution in [2.24, 2.45) is 0 Å². The molecule has 0 saturated carbocycles. The topological polar surface area (TPSA) is 20.3 Å². The van der Waals surface area contributed by atoms with Gasteiger partial charge in [-0.15, -0.1) is 0 Å². The van der Waals surface area contributed by atoms with Gasteiger partial charge in [0.2, 0.25) is 0 Å². The number of carbonyl (C=O) groups excluding carboxylic acids is 1. The van der Waals surface area contributed by atoms with E-state index in [0.29, 0.717) is 10.8 Å². The van der Waals surface area contributed by atoms with Crippen LogP contribution in [0.3, 0.4) is 0 Å². The van der Waals surface area contributed by atoms with E-state index < -0.39 is 0 Å². The Bertz CT molecular complexity index is 463. The van der Waals surface area contributed by atoms with Crippen LogP contribution in [0.4, 0.5) is 10.1 Å². The summed E-state index contributed by atoms with van der Waals surface area (Å²) in [6.07, 6.45) is 5.61. The second kappa shape index (κ2) is 6.42. The summed E-state index contributed by atoms with van der Waals surface area (Å²) in [5.74, 6) is -0.411. The minimum Gasteiger partial charge on any atom is -0.371 e. The minimum atomic E-state index is -0.342. The van der Waals surface area contributed by atoms with Gasteiger partial charge in [0, 0.05) is 29.6 Å². The molecule has 1 aromatic carbocycles. The van der Waals surface area contributed by atoms with Gasteiger partial charge in [-0.3, -0.25) is 4.79 Å². The van der Waals surface area contributed by atoms with Crippen molar-refractivity contribution in [1.29, 1.82) is 0 Å².